The highest BCUT2D eigenvalue weighted by atomic mass is 16.5. The number of carbonyl (C=O) groups is 2. The number of rotatable bonds is 5. The average Bonchev–Trinajstić information content (AvgIpc) is 3.34. The molecule has 29 heavy (non-hydrogen) atoms. The van der Waals surface area contributed by atoms with Crippen molar-refractivity contribution in [2.24, 2.45) is 0 Å². The number of nitrogens with zero attached hydrogens (tertiary/aromatic N) is 2. The molecule has 1 saturated heterocycles. The van der Waals surface area contributed by atoms with Gasteiger partial charge in [0.2, 0.25) is 0 Å². The van der Waals surface area contributed by atoms with Gasteiger partial charge < -0.3 is 19.9 Å². The number of hydrogen-bond acceptors (Lipinski definition) is 4. The lowest BCUT2D eigenvalue weighted by Gasteiger charge is -2.17. The van der Waals surface area contributed by atoms with E-state index in [-0.39, 0.29) is 24.5 Å². The van der Waals surface area contributed by atoms with Crippen molar-refractivity contribution in [2.75, 3.05) is 19.7 Å². The van der Waals surface area contributed by atoms with Gasteiger partial charge >= 0.3 is 0 Å². The lowest BCUT2D eigenvalue weighted by atomic mass is 10.1. The molecule has 2 amide bonds. The van der Waals surface area contributed by atoms with Crippen LogP contribution in [0.5, 0.6) is 5.75 Å². The number of ether oxygens (including phenoxy) is 1. The summed E-state index contributed by atoms with van der Waals surface area (Å²) in [6.45, 7) is 5.03. The Labute approximate surface area is 169 Å². The molecule has 0 radical (unpaired) electrons. The van der Waals surface area contributed by atoms with Crippen molar-refractivity contribution in [2.45, 2.75) is 26.3 Å². The fraction of sp³-hybridized carbons (Fsp3) is 0.318. The van der Waals surface area contributed by atoms with Crippen molar-refractivity contribution >= 4 is 22.8 Å². The molecular formula is C22H24N4O3. The van der Waals surface area contributed by atoms with Gasteiger partial charge in [0.15, 0.2) is 6.61 Å². The Bertz CT molecular complexity index is 1040. The Balaban J connectivity index is 1.32. The second-order valence-corrected chi connectivity index (χ2v) is 7.52. The topological polar surface area (TPSA) is 87.3 Å². The molecule has 150 valence electrons. The molecule has 4 rings (SSSR count). The third-order valence-electron chi connectivity index (χ3n) is 5.09. The third-order valence-corrected chi connectivity index (χ3v) is 5.09. The highest BCUT2D eigenvalue weighted by molar-refractivity contribution is 6.04. The Hall–Kier alpha value is -3.35. The number of aromatic amines is 1. The van der Waals surface area contributed by atoms with E-state index < -0.39 is 0 Å². The van der Waals surface area contributed by atoms with Gasteiger partial charge in [-0.2, -0.15) is 0 Å². The lowest BCUT2D eigenvalue weighted by Crippen LogP contribution is -2.40. The Kier molecular flexibility index (Phi) is 5.20. The summed E-state index contributed by atoms with van der Waals surface area (Å²) in [5, 5.41) is 2.97. The van der Waals surface area contributed by atoms with Crippen LogP contribution in [0.2, 0.25) is 0 Å². The number of nitrogens with one attached hydrogen (secondary N) is 2. The highest BCUT2D eigenvalue weighted by Crippen LogP contribution is 2.20. The molecule has 2 heterocycles. The zero-order chi connectivity index (χ0) is 20.4. The lowest BCUT2D eigenvalue weighted by molar-refractivity contribution is -0.123. The minimum Gasteiger partial charge on any atom is -0.484 e. The van der Waals surface area contributed by atoms with Gasteiger partial charge in [-0.3, -0.25) is 9.59 Å². The average molecular weight is 392 g/mol. The standard InChI is InChI=1S/C22H24N4O3/c1-14-8-15(2)10-17(9-14)29-12-20(27)25-16-6-7-26(11-16)22(28)18-4-3-5-19-21(18)24-13-23-19/h3-5,8-10,13,16H,6-7,11-12H2,1-2H3,(H,23,24)(H,25,27)/t16-/m0/s1. The summed E-state index contributed by atoms with van der Waals surface area (Å²) >= 11 is 0. The number of H-pyrrole nitrogens is 1. The summed E-state index contributed by atoms with van der Waals surface area (Å²) in [7, 11) is 0. The van der Waals surface area contributed by atoms with Crippen LogP contribution in [0.4, 0.5) is 0 Å². The van der Waals surface area contributed by atoms with Gasteiger partial charge in [-0.05, 0) is 55.7 Å². The van der Waals surface area contributed by atoms with Crippen molar-refractivity contribution in [3.63, 3.8) is 0 Å². The van der Waals surface area contributed by atoms with Crippen molar-refractivity contribution < 1.29 is 14.3 Å². The Morgan fingerprint density at radius 2 is 2.03 bits per heavy atom. The first-order valence-electron chi connectivity index (χ1n) is 9.71. The molecule has 1 aliphatic rings. The van der Waals surface area contributed by atoms with Crippen molar-refractivity contribution in [1.29, 1.82) is 0 Å². The first-order chi connectivity index (χ1) is 14.0. The number of aromatic nitrogens is 2. The van der Waals surface area contributed by atoms with Crippen molar-refractivity contribution in [1.82, 2.24) is 20.2 Å². The van der Waals surface area contributed by atoms with E-state index in [1.54, 1.807) is 17.3 Å². The van der Waals surface area contributed by atoms with Crippen LogP contribution < -0.4 is 10.1 Å². The Morgan fingerprint density at radius 3 is 2.83 bits per heavy atom. The first-order valence-corrected chi connectivity index (χ1v) is 9.71. The van der Waals surface area contributed by atoms with Crippen LogP contribution in [0.25, 0.3) is 11.0 Å². The number of benzene rings is 2. The highest BCUT2D eigenvalue weighted by Gasteiger charge is 2.29. The smallest absolute Gasteiger partial charge is 0.258 e. The molecular weight excluding hydrogens is 368 g/mol. The van der Waals surface area contributed by atoms with E-state index >= 15 is 0 Å². The molecule has 2 aromatic carbocycles. The molecule has 2 N–H and O–H groups in total. The SMILES string of the molecule is Cc1cc(C)cc(OCC(=O)N[C@H]2CCN(C(=O)c3cccc4[nH]cnc34)C2)c1. The van der Waals surface area contributed by atoms with E-state index in [0.717, 1.165) is 23.1 Å². The number of likely N-dealkylation sites (tertiary alicyclic amines) is 1. The number of aryl methyl sites for hydroxylation is 2. The van der Waals surface area contributed by atoms with E-state index in [1.165, 1.54) is 0 Å². The molecule has 1 aliphatic heterocycles. The van der Waals surface area contributed by atoms with Gasteiger partial charge in [-0.15, -0.1) is 0 Å². The van der Waals surface area contributed by atoms with Gasteiger partial charge in [0.05, 0.1) is 17.4 Å². The molecule has 0 unspecified atom stereocenters. The predicted molar refractivity (Wildman–Crippen MR) is 110 cm³/mol. The van der Waals surface area contributed by atoms with Crippen LogP contribution in [-0.2, 0) is 4.79 Å². The monoisotopic (exact) mass is 392 g/mol. The van der Waals surface area contributed by atoms with E-state index in [9.17, 15) is 9.59 Å². The third kappa shape index (κ3) is 4.23. The van der Waals surface area contributed by atoms with Crippen molar-refractivity contribution in [3.05, 3.63) is 59.4 Å². The van der Waals surface area contributed by atoms with Crippen molar-refractivity contribution in [3.8, 4) is 5.75 Å². The van der Waals surface area contributed by atoms with Crippen LogP contribution in [0, 0.1) is 13.8 Å². The summed E-state index contributed by atoms with van der Waals surface area (Å²) in [5.74, 6) is 0.441. The quantitative estimate of drug-likeness (QED) is 0.699. The van der Waals surface area contributed by atoms with Gasteiger partial charge in [-0.25, -0.2) is 4.98 Å². The number of imidazole rings is 1. The van der Waals surface area contributed by atoms with Crippen LogP contribution in [0.1, 0.15) is 27.9 Å². The molecule has 1 aromatic heterocycles. The fourth-order valence-electron chi connectivity index (χ4n) is 3.81. The van der Waals surface area contributed by atoms with Crippen LogP contribution in [-0.4, -0.2) is 52.4 Å². The Morgan fingerprint density at radius 1 is 1.24 bits per heavy atom. The molecule has 0 aliphatic carbocycles. The molecule has 1 fully saturated rings. The van der Waals surface area contributed by atoms with E-state index in [2.05, 4.69) is 21.4 Å². The summed E-state index contributed by atoms with van der Waals surface area (Å²) in [6, 6.07) is 11.3. The van der Waals surface area contributed by atoms with Gasteiger partial charge in [0.1, 0.15) is 11.3 Å². The number of hydrogen-bond donors (Lipinski definition) is 2. The number of fused-ring (bicyclic) bond motifs is 1. The number of para-hydroxylation sites is 1. The summed E-state index contributed by atoms with van der Waals surface area (Å²) in [6.07, 6.45) is 2.31. The van der Waals surface area contributed by atoms with Gasteiger partial charge in [-0.1, -0.05) is 12.1 Å². The normalized spacial score (nSPS) is 16.2. The summed E-state index contributed by atoms with van der Waals surface area (Å²) in [5.41, 5.74) is 4.28. The maximum absolute atomic E-state index is 12.9. The number of carbonyl (C=O) groups excluding carboxylic acids is 2. The van der Waals surface area contributed by atoms with E-state index in [1.807, 2.05) is 38.1 Å². The summed E-state index contributed by atoms with van der Waals surface area (Å²) in [4.78, 5) is 34.2. The predicted octanol–water partition coefficient (Wildman–Crippen LogP) is 2.59. The minimum atomic E-state index is -0.183. The van der Waals surface area contributed by atoms with Crippen LogP contribution >= 0.6 is 0 Å². The second kappa shape index (κ2) is 7.95. The van der Waals surface area contributed by atoms with E-state index in [4.69, 9.17) is 4.74 Å². The second-order valence-electron chi connectivity index (χ2n) is 7.52. The van der Waals surface area contributed by atoms with E-state index in [0.29, 0.717) is 29.9 Å². The fourth-order valence-corrected chi connectivity index (χ4v) is 3.81. The van der Waals surface area contributed by atoms with Gasteiger partial charge in [0.25, 0.3) is 11.8 Å². The largest absolute Gasteiger partial charge is 0.484 e. The maximum atomic E-state index is 12.9. The van der Waals surface area contributed by atoms with Gasteiger partial charge in [0, 0.05) is 19.1 Å². The number of amides is 2. The zero-order valence-corrected chi connectivity index (χ0v) is 16.6. The van der Waals surface area contributed by atoms with Crippen LogP contribution in [0.3, 0.4) is 0 Å². The first kappa shape index (κ1) is 19.0. The molecule has 0 bridgehead atoms. The van der Waals surface area contributed by atoms with Crippen LogP contribution in [0.15, 0.2) is 42.7 Å². The molecule has 0 saturated carbocycles. The maximum Gasteiger partial charge on any atom is 0.258 e. The minimum absolute atomic E-state index is 0.0417. The molecule has 1 atom stereocenters. The molecule has 0 spiro atoms. The molecule has 3 aromatic rings. The summed E-state index contributed by atoms with van der Waals surface area (Å²) < 4.78 is 5.62. The molecule has 7 heteroatoms. The zero-order valence-electron chi connectivity index (χ0n) is 16.6. The molecule has 7 nitrogen and oxygen atoms in total.